The zero-order valence-corrected chi connectivity index (χ0v) is 13.9. The van der Waals surface area contributed by atoms with Gasteiger partial charge >= 0.3 is 6.03 Å². The van der Waals surface area contributed by atoms with Crippen LogP contribution in [0.15, 0.2) is 18.2 Å². The molecule has 1 aliphatic heterocycles. The Bertz CT molecular complexity index is 888. The second-order valence-corrected chi connectivity index (χ2v) is 6.38. The summed E-state index contributed by atoms with van der Waals surface area (Å²) in [5, 5.41) is 18.2. The van der Waals surface area contributed by atoms with Crippen LogP contribution in [0.4, 0.5) is 10.5 Å². The minimum absolute atomic E-state index is 0.00449. The number of nitrogens with zero attached hydrogens (tertiary/aromatic N) is 4. The highest BCUT2D eigenvalue weighted by molar-refractivity contribution is 6.34. The molecule has 1 aliphatic carbocycles. The minimum atomic E-state index is -1.59. The van der Waals surface area contributed by atoms with E-state index in [9.17, 15) is 19.2 Å². The molecule has 0 aromatic heterocycles. The van der Waals surface area contributed by atoms with Crippen LogP contribution in [-0.4, -0.2) is 35.1 Å². The van der Waals surface area contributed by atoms with Crippen LogP contribution in [-0.2, 0) is 14.4 Å². The fourth-order valence-corrected chi connectivity index (χ4v) is 2.88. The van der Waals surface area contributed by atoms with Crippen LogP contribution >= 0.6 is 0 Å². The number of hydrogen-bond donors (Lipinski definition) is 0. The molecule has 1 aromatic carbocycles. The molecule has 8 heteroatoms. The lowest BCUT2D eigenvalue weighted by Crippen LogP contribution is -2.62. The Hall–Kier alpha value is -3.52. The standard InChI is InChI=1S/C18H14N4O4/c1-10(23)15-16(24)21(9-11-2-3-11)18(26)22(17(15)25)14-5-12(7-19)4-13(6-14)8-20/h4-6,11,15H,2-3,9H2,1H3. The van der Waals surface area contributed by atoms with Gasteiger partial charge in [-0.1, -0.05) is 0 Å². The van der Waals surface area contributed by atoms with Crippen LogP contribution in [0.2, 0.25) is 0 Å². The predicted molar refractivity (Wildman–Crippen MR) is 87.4 cm³/mol. The Morgan fingerprint density at radius 1 is 1.08 bits per heavy atom. The maximum atomic E-state index is 12.8. The summed E-state index contributed by atoms with van der Waals surface area (Å²) >= 11 is 0. The number of nitriles is 2. The third kappa shape index (κ3) is 2.93. The van der Waals surface area contributed by atoms with Crippen molar-refractivity contribution in [1.29, 1.82) is 10.5 Å². The topological polar surface area (TPSA) is 122 Å². The van der Waals surface area contributed by atoms with E-state index < -0.39 is 29.5 Å². The van der Waals surface area contributed by atoms with Crippen LogP contribution in [0.1, 0.15) is 30.9 Å². The first-order chi connectivity index (χ1) is 12.4. The lowest BCUT2D eigenvalue weighted by Gasteiger charge is -2.36. The van der Waals surface area contributed by atoms with Crippen molar-refractivity contribution in [2.75, 3.05) is 11.4 Å². The molecule has 0 radical (unpaired) electrons. The van der Waals surface area contributed by atoms with Gasteiger partial charge in [-0.2, -0.15) is 10.5 Å². The van der Waals surface area contributed by atoms with E-state index in [2.05, 4.69) is 0 Å². The molecule has 1 unspecified atom stereocenters. The highest BCUT2D eigenvalue weighted by atomic mass is 16.2. The summed E-state index contributed by atoms with van der Waals surface area (Å²) in [7, 11) is 0. The Morgan fingerprint density at radius 3 is 2.12 bits per heavy atom. The SMILES string of the molecule is CC(=O)C1C(=O)N(CC2CC2)C(=O)N(c2cc(C#N)cc(C#N)c2)C1=O. The zero-order valence-electron chi connectivity index (χ0n) is 13.9. The molecular weight excluding hydrogens is 336 g/mol. The number of hydrogen-bond acceptors (Lipinski definition) is 6. The fraction of sp³-hybridized carbons (Fsp3) is 0.333. The second kappa shape index (κ2) is 6.41. The number of imide groups is 2. The first kappa shape index (κ1) is 17.3. The van der Waals surface area contributed by atoms with E-state index in [1.54, 1.807) is 0 Å². The molecular formula is C18H14N4O4. The fourth-order valence-electron chi connectivity index (χ4n) is 2.88. The molecule has 0 bridgehead atoms. The van der Waals surface area contributed by atoms with Gasteiger partial charge < -0.3 is 0 Å². The Labute approximate surface area is 149 Å². The lowest BCUT2D eigenvalue weighted by molar-refractivity contribution is -0.145. The van der Waals surface area contributed by atoms with Gasteiger partial charge in [-0.05, 0) is 43.9 Å². The van der Waals surface area contributed by atoms with Crippen molar-refractivity contribution in [2.24, 2.45) is 11.8 Å². The number of urea groups is 1. The maximum absolute atomic E-state index is 12.8. The van der Waals surface area contributed by atoms with E-state index in [0.29, 0.717) is 0 Å². The summed E-state index contributed by atoms with van der Waals surface area (Å²) < 4.78 is 0. The molecule has 8 nitrogen and oxygen atoms in total. The molecule has 1 saturated carbocycles. The van der Waals surface area contributed by atoms with Crippen molar-refractivity contribution >= 4 is 29.3 Å². The van der Waals surface area contributed by atoms with Gasteiger partial charge in [0, 0.05) is 6.54 Å². The van der Waals surface area contributed by atoms with Crippen LogP contribution in [0, 0.1) is 34.5 Å². The summed E-state index contributed by atoms with van der Waals surface area (Å²) in [6.45, 7) is 1.27. The molecule has 26 heavy (non-hydrogen) atoms. The van der Waals surface area contributed by atoms with E-state index in [1.807, 2.05) is 12.1 Å². The number of benzene rings is 1. The third-order valence-corrected chi connectivity index (χ3v) is 4.38. The first-order valence-corrected chi connectivity index (χ1v) is 8.02. The van der Waals surface area contributed by atoms with E-state index in [-0.39, 0.29) is 29.3 Å². The van der Waals surface area contributed by atoms with Gasteiger partial charge in [0.2, 0.25) is 0 Å². The number of amides is 4. The van der Waals surface area contributed by atoms with Crippen molar-refractivity contribution < 1.29 is 19.2 Å². The van der Waals surface area contributed by atoms with Gasteiger partial charge in [-0.15, -0.1) is 0 Å². The molecule has 4 amide bonds. The minimum Gasteiger partial charge on any atom is -0.299 e. The van der Waals surface area contributed by atoms with Crippen LogP contribution in [0.5, 0.6) is 0 Å². The number of rotatable bonds is 4. The Morgan fingerprint density at radius 2 is 1.65 bits per heavy atom. The summed E-state index contributed by atoms with van der Waals surface area (Å²) in [5.41, 5.74) is 0.171. The molecule has 1 aromatic rings. The Balaban J connectivity index is 2.09. The smallest absolute Gasteiger partial charge is 0.299 e. The Kier molecular flexibility index (Phi) is 4.27. The van der Waals surface area contributed by atoms with E-state index in [4.69, 9.17) is 10.5 Å². The number of Topliss-reactive ketones (excluding diaryl/α,β-unsaturated/α-hetero) is 1. The molecule has 130 valence electrons. The predicted octanol–water partition coefficient (Wildman–Crippen LogP) is 1.34. The van der Waals surface area contributed by atoms with E-state index in [1.165, 1.54) is 18.2 Å². The van der Waals surface area contributed by atoms with Crippen LogP contribution in [0.25, 0.3) is 0 Å². The van der Waals surface area contributed by atoms with Gasteiger partial charge in [0.1, 0.15) is 0 Å². The van der Waals surface area contributed by atoms with Crippen molar-refractivity contribution in [3.05, 3.63) is 29.3 Å². The normalized spacial score (nSPS) is 20.0. The maximum Gasteiger partial charge on any atom is 0.338 e. The van der Waals surface area contributed by atoms with Crippen molar-refractivity contribution in [3.8, 4) is 12.1 Å². The third-order valence-electron chi connectivity index (χ3n) is 4.38. The average molecular weight is 350 g/mol. The number of carbonyl (C=O) groups is 4. The van der Waals surface area contributed by atoms with E-state index >= 15 is 0 Å². The highest BCUT2D eigenvalue weighted by Gasteiger charge is 2.49. The number of barbiturate groups is 1. The number of anilines is 1. The largest absolute Gasteiger partial charge is 0.338 e. The number of ketones is 1. The van der Waals surface area contributed by atoms with Crippen molar-refractivity contribution in [2.45, 2.75) is 19.8 Å². The average Bonchev–Trinajstić information content (AvgIpc) is 3.42. The molecule has 2 aliphatic rings. The molecule has 2 fully saturated rings. The van der Waals surface area contributed by atoms with Crippen LogP contribution < -0.4 is 4.90 Å². The molecule has 1 atom stereocenters. The lowest BCUT2D eigenvalue weighted by atomic mass is 9.98. The van der Waals surface area contributed by atoms with E-state index in [0.717, 1.165) is 29.6 Å². The highest BCUT2D eigenvalue weighted by Crippen LogP contribution is 2.33. The van der Waals surface area contributed by atoms with Crippen molar-refractivity contribution in [3.63, 3.8) is 0 Å². The summed E-state index contributed by atoms with van der Waals surface area (Å²) in [4.78, 5) is 51.6. The van der Waals surface area contributed by atoms with Gasteiger partial charge in [0.25, 0.3) is 11.8 Å². The molecule has 0 N–H and O–H groups in total. The summed E-state index contributed by atoms with van der Waals surface area (Å²) in [6, 6.07) is 6.73. The van der Waals surface area contributed by atoms with Gasteiger partial charge in [0.05, 0.1) is 29.0 Å². The van der Waals surface area contributed by atoms with Crippen molar-refractivity contribution in [1.82, 2.24) is 4.90 Å². The first-order valence-electron chi connectivity index (χ1n) is 8.02. The van der Waals surface area contributed by atoms with Gasteiger partial charge in [-0.3, -0.25) is 19.3 Å². The van der Waals surface area contributed by atoms with Gasteiger partial charge in [-0.25, -0.2) is 9.69 Å². The molecule has 3 rings (SSSR count). The van der Waals surface area contributed by atoms with Crippen LogP contribution in [0.3, 0.4) is 0 Å². The number of carbonyl (C=O) groups excluding carboxylic acids is 4. The molecule has 1 saturated heterocycles. The van der Waals surface area contributed by atoms with Gasteiger partial charge in [0.15, 0.2) is 11.7 Å². The monoisotopic (exact) mass is 350 g/mol. The summed E-state index contributed by atoms with van der Waals surface area (Å²) in [6.07, 6.45) is 1.75. The second-order valence-electron chi connectivity index (χ2n) is 6.38. The molecule has 0 spiro atoms. The quantitative estimate of drug-likeness (QED) is 0.755. The summed E-state index contributed by atoms with van der Waals surface area (Å²) in [5.74, 6) is -3.85. The zero-order chi connectivity index (χ0) is 19.0. The molecule has 1 heterocycles.